The van der Waals surface area contributed by atoms with Crippen molar-refractivity contribution in [2.75, 3.05) is 0 Å². The first-order valence-corrected chi connectivity index (χ1v) is 8.61. The molecule has 0 spiro atoms. The molecule has 3 aromatic rings. The first-order valence-electron chi connectivity index (χ1n) is 8.61. The Morgan fingerprint density at radius 2 is 2.20 bits per heavy atom. The Morgan fingerprint density at radius 3 is 3.00 bits per heavy atom. The van der Waals surface area contributed by atoms with Gasteiger partial charge in [0.05, 0.1) is 12.9 Å². The van der Waals surface area contributed by atoms with E-state index in [-0.39, 0.29) is 17.7 Å². The van der Waals surface area contributed by atoms with Gasteiger partial charge in [0.15, 0.2) is 0 Å². The molecule has 25 heavy (non-hydrogen) atoms. The molecule has 0 unspecified atom stereocenters. The molecule has 2 N–H and O–H groups in total. The number of carbonyl (C=O) groups excluding carboxylic acids is 1. The fourth-order valence-corrected chi connectivity index (χ4v) is 3.20. The lowest BCUT2D eigenvalue weighted by molar-refractivity contribution is -0.122. The largest absolute Gasteiger partial charge is 0.349 e. The maximum Gasteiger partial charge on any atom is 0.224 e. The van der Waals surface area contributed by atoms with Crippen molar-refractivity contribution >= 4 is 5.91 Å². The molecule has 1 amide bonds. The van der Waals surface area contributed by atoms with Gasteiger partial charge in [-0.2, -0.15) is 0 Å². The third-order valence-electron chi connectivity index (χ3n) is 4.75. The van der Waals surface area contributed by atoms with Crippen LogP contribution >= 0.6 is 0 Å². The predicted molar refractivity (Wildman–Crippen MR) is 93.7 cm³/mol. The number of benzene rings is 1. The predicted octanol–water partition coefficient (Wildman–Crippen LogP) is 2.27. The highest BCUT2D eigenvalue weighted by molar-refractivity contribution is 5.82. The van der Waals surface area contributed by atoms with E-state index in [9.17, 15) is 4.79 Å². The van der Waals surface area contributed by atoms with Gasteiger partial charge in [-0.3, -0.25) is 4.79 Å². The number of nitrogens with zero attached hydrogens (tertiary/aromatic N) is 3. The van der Waals surface area contributed by atoms with Crippen molar-refractivity contribution in [3.63, 3.8) is 0 Å². The summed E-state index contributed by atoms with van der Waals surface area (Å²) in [7, 11) is 0. The lowest BCUT2D eigenvalue weighted by atomic mass is 10.1. The van der Waals surface area contributed by atoms with Gasteiger partial charge in [0.25, 0.3) is 0 Å². The number of amides is 1. The van der Waals surface area contributed by atoms with E-state index >= 15 is 0 Å². The summed E-state index contributed by atoms with van der Waals surface area (Å²) in [5.74, 6) is 1.31. The van der Waals surface area contributed by atoms with E-state index in [1.54, 1.807) is 18.7 Å². The van der Waals surface area contributed by atoms with Crippen LogP contribution in [0.15, 0.2) is 55.2 Å². The summed E-state index contributed by atoms with van der Waals surface area (Å²) in [5.41, 5.74) is 2.34. The SMILES string of the molecule is O=C(NCc1nccn1CCc1ccccc1)[C@@H]1C[C@H]1c1cnc[nH]1. The highest BCUT2D eigenvalue weighted by Crippen LogP contribution is 2.46. The molecule has 128 valence electrons. The molecule has 6 nitrogen and oxygen atoms in total. The van der Waals surface area contributed by atoms with E-state index in [4.69, 9.17) is 0 Å². The third kappa shape index (κ3) is 3.63. The van der Waals surface area contributed by atoms with Crippen LogP contribution in [-0.2, 0) is 24.3 Å². The fraction of sp³-hybridized carbons (Fsp3) is 0.316. The van der Waals surface area contributed by atoms with Gasteiger partial charge in [0.2, 0.25) is 5.91 Å². The summed E-state index contributed by atoms with van der Waals surface area (Å²) >= 11 is 0. The number of aromatic amines is 1. The number of H-pyrrole nitrogens is 1. The number of hydrogen-bond donors (Lipinski definition) is 2. The first-order chi connectivity index (χ1) is 12.3. The molecular formula is C19H21N5O. The number of hydrogen-bond acceptors (Lipinski definition) is 3. The normalized spacial score (nSPS) is 18.9. The summed E-state index contributed by atoms with van der Waals surface area (Å²) in [6.45, 7) is 1.32. The maximum absolute atomic E-state index is 12.3. The zero-order valence-electron chi connectivity index (χ0n) is 13.9. The minimum absolute atomic E-state index is 0.0492. The Balaban J connectivity index is 1.29. The van der Waals surface area contributed by atoms with Crippen LogP contribution in [0.5, 0.6) is 0 Å². The van der Waals surface area contributed by atoms with Gasteiger partial charge in [0.1, 0.15) is 5.82 Å². The summed E-state index contributed by atoms with van der Waals surface area (Å²) < 4.78 is 2.10. The molecule has 2 aromatic heterocycles. The molecule has 2 atom stereocenters. The number of imidazole rings is 2. The van der Waals surface area contributed by atoms with Crippen LogP contribution < -0.4 is 5.32 Å². The smallest absolute Gasteiger partial charge is 0.224 e. The van der Waals surface area contributed by atoms with Crippen LogP contribution in [0.25, 0.3) is 0 Å². The van der Waals surface area contributed by atoms with Gasteiger partial charge in [-0.15, -0.1) is 0 Å². The number of carbonyl (C=O) groups is 1. The molecule has 1 aromatic carbocycles. The molecule has 6 heteroatoms. The summed E-state index contributed by atoms with van der Waals surface area (Å²) in [5, 5.41) is 3.02. The van der Waals surface area contributed by atoms with Crippen molar-refractivity contribution in [1.29, 1.82) is 0 Å². The average molecular weight is 335 g/mol. The summed E-state index contributed by atoms with van der Waals surface area (Å²) in [6, 6.07) is 10.4. The second-order valence-corrected chi connectivity index (χ2v) is 6.45. The lowest BCUT2D eigenvalue weighted by Crippen LogP contribution is -2.26. The van der Waals surface area contributed by atoms with Crippen LogP contribution in [0.2, 0.25) is 0 Å². The first kappa shape index (κ1) is 15.6. The Bertz CT molecular complexity index is 825. The van der Waals surface area contributed by atoms with Gasteiger partial charge in [-0.05, 0) is 18.4 Å². The monoisotopic (exact) mass is 335 g/mol. The van der Waals surface area contributed by atoms with Crippen molar-refractivity contribution in [1.82, 2.24) is 24.8 Å². The highest BCUT2D eigenvalue weighted by atomic mass is 16.2. The summed E-state index contributed by atoms with van der Waals surface area (Å²) in [6.07, 6.45) is 9.05. The second kappa shape index (κ2) is 6.93. The molecule has 0 aliphatic heterocycles. The van der Waals surface area contributed by atoms with Crippen LogP contribution in [0, 0.1) is 5.92 Å². The van der Waals surface area contributed by atoms with E-state index in [0.717, 1.165) is 30.9 Å². The second-order valence-electron chi connectivity index (χ2n) is 6.45. The van der Waals surface area contributed by atoms with Gasteiger partial charge < -0.3 is 14.9 Å². The Hall–Kier alpha value is -2.89. The molecule has 1 fully saturated rings. The molecule has 0 bridgehead atoms. The van der Waals surface area contributed by atoms with Crippen molar-refractivity contribution in [3.8, 4) is 0 Å². The van der Waals surface area contributed by atoms with Crippen LogP contribution in [0.4, 0.5) is 0 Å². The topological polar surface area (TPSA) is 75.6 Å². The van der Waals surface area contributed by atoms with Gasteiger partial charge >= 0.3 is 0 Å². The third-order valence-corrected chi connectivity index (χ3v) is 4.75. The number of rotatable bonds is 7. The van der Waals surface area contributed by atoms with Crippen molar-refractivity contribution in [3.05, 3.63) is 72.3 Å². The molecule has 0 saturated heterocycles. The maximum atomic E-state index is 12.3. The van der Waals surface area contributed by atoms with Crippen molar-refractivity contribution in [2.24, 2.45) is 5.92 Å². The fourth-order valence-electron chi connectivity index (χ4n) is 3.20. The standard InChI is InChI=1S/C19H21N5O/c25-19(16-10-15(16)17-11-20-13-23-17)22-12-18-21-7-9-24(18)8-6-14-4-2-1-3-5-14/h1-5,7,9,11,13,15-16H,6,8,10,12H2,(H,20,23)(H,22,25)/t15-,16-/m1/s1. The zero-order valence-corrected chi connectivity index (χ0v) is 13.9. The minimum Gasteiger partial charge on any atom is -0.349 e. The Kier molecular flexibility index (Phi) is 4.33. The number of aromatic nitrogens is 4. The Labute approximate surface area is 146 Å². The van der Waals surface area contributed by atoms with E-state index in [0.29, 0.717) is 6.54 Å². The van der Waals surface area contributed by atoms with E-state index < -0.39 is 0 Å². The van der Waals surface area contributed by atoms with Gasteiger partial charge in [-0.1, -0.05) is 30.3 Å². The molecular weight excluding hydrogens is 314 g/mol. The molecule has 1 aliphatic rings. The van der Waals surface area contributed by atoms with E-state index in [2.05, 4.69) is 49.1 Å². The molecule has 4 rings (SSSR count). The zero-order chi connectivity index (χ0) is 17.1. The molecule has 2 heterocycles. The van der Waals surface area contributed by atoms with Crippen LogP contribution in [0.1, 0.15) is 29.4 Å². The van der Waals surface area contributed by atoms with Gasteiger partial charge in [0, 0.05) is 42.7 Å². The Morgan fingerprint density at radius 1 is 1.32 bits per heavy atom. The van der Waals surface area contributed by atoms with Crippen LogP contribution in [-0.4, -0.2) is 25.4 Å². The van der Waals surface area contributed by atoms with E-state index in [1.165, 1.54) is 5.56 Å². The number of nitrogens with one attached hydrogen (secondary N) is 2. The molecule has 0 radical (unpaired) electrons. The molecule has 1 aliphatic carbocycles. The number of aryl methyl sites for hydroxylation is 2. The minimum atomic E-state index is 0.0492. The van der Waals surface area contributed by atoms with Crippen molar-refractivity contribution < 1.29 is 4.79 Å². The van der Waals surface area contributed by atoms with Gasteiger partial charge in [-0.25, -0.2) is 9.97 Å². The van der Waals surface area contributed by atoms with Crippen molar-refractivity contribution in [2.45, 2.75) is 31.8 Å². The van der Waals surface area contributed by atoms with Crippen LogP contribution in [0.3, 0.4) is 0 Å². The highest BCUT2D eigenvalue weighted by Gasteiger charge is 2.44. The van der Waals surface area contributed by atoms with E-state index in [1.807, 2.05) is 12.3 Å². The quantitative estimate of drug-likeness (QED) is 0.695. The summed E-state index contributed by atoms with van der Waals surface area (Å²) in [4.78, 5) is 23.8. The molecule has 1 saturated carbocycles. The average Bonchev–Trinajstić information content (AvgIpc) is 3.06. The lowest BCUT2D eigenvalue weighted by Gasteiger charge is -2.09.